The summed E-state index contributed by atoms with van der Waals surface area (Å²) in [6.45, 7) is 7.57. The maximum Gasteiger partial charge on any atom is 0.338 e. The summed E-state index contributed by atoms with van der Waals surface area (Å²) in [6.07, 6.45) is 5.35. The largest absolute Gasteiger partial charge is 0.459 e. The van der Waals surface area contributed by atoms with Gasteiger partial charge in [-0.2, -0.15) is 0 Å². The Morgan fingerprint density at radius 1 is 1.08 bits per heavy atom. The van der Waals surface area contributed by atoms with Gasteiger partial charge in [0.1, 0.15) is 0 Å². The third-order valence-corrected chi connectivity index (χ3v) is 7.92. The Hall–Kier alpha value is -3.16. The first-order chi connectivity index (χ1) is 17.8. The lowest BCUT2D eigenvalue weighted by molar-refractivity contribution is -0.143. The molecule has 0 unspecified atom stereocenters. The van der Waals surface area contributed by atoms with E-state index < -0.39 is 12.0 Å². The molecule has 1 saturated heterocycles. The lowest BCUT2D eigenvalue weighted by atomic mass is 9.96. The minimum atomic E-state index is -0.650. The summed E-state index contributed by atoms with van der Waals surface area (Å²) in [4.78, 5) is 34.5. The number of thiazole rings is 1. The average Bonchev–Trinajstić information content (AvgIpc) is 3.18. The number of allylic oxidation sites excluding steroid dienone is 1. The van der Waals surface area contributed by atoms with E-state index in [1.54, 1.807) is 37.5 Å². The fraction of sp³-hybridized carbons (Fsp3) is 0.345. The number of aromatic nitrogens is 1. The van der Waals surface area contributed by atoms with Gasteiger partial charge in [-0.15, -0.1) is 0 Å². The number of ether oxygens (including phenoxy) is 1. The molecule has 6 nitrogen and oxygen atoms in total. The zero-order valence-corrected chi connectivity index (χ0v) is 22.8. The van der Waals surface area contributed by atoms with Crippen LogP contribution in [0.2, 0.25) is 5.02 Å². The molecule has 8 heteroatoms. The van der Waals surface area contributed by atoms with Crippen molar-refractivity contribution in [2.24, 2.45) is 4.99 Å². The molecule has 5 rings (SSSR count). The van der Waals surface area contributed by atoms with Gasteiger partial charge < -0.3 is 9.64 Å². The van der Waals surface area contributed by atoms with Crippen LogP contribution in [0, 0.1) is 0 Å². The average molecular weight is 536 g/mol. The van der Waals surface area contributed by atoms with E-state index in [2.05, 4.69) is 34.2 Å². The third kappa shape index (κ3) is 5.29. The molecule has 2 aliphatic rings. The monoisotopic (exact) mass is 535 g/mol. The Balaban J connectivity index is 1.58. The summed E-state index contributed by atoms with van der Waals surface area (Å²) in [5.41, 5.74) is 3.65. The Labute approximate surface area is 225 Å². The molecule has 3 heterocycles. The summed E-state index contributed by atoms with van der Waals surface area (Å²) in [5, 5.41) is 0.580. The van der Waals surface area contributed by atoms with Crippen LogP contribution in [0.5, 0.6) is 0 Å². The molecule has 2 aliphatic heterocycles. The fourth-order valence-electron chi connectivity index (χ4n) is 4.91. The van der Waals surface area contributed by atoms with Crippen LogP contribution in [0.3, 0.4) is 0 Å². The van der Waals surface area contributed by atoms with Gasteiger partial charge in [0.15, 0.2) is 4.80 Å². The molecule has 2 aromatic carbocycles. The number of hydrogen-bond acceptors (Lipinski definition) is 6. The fourth-order valence-corrected chi connectivity index (χ4v) is 6.08. The molecule has 1 fully saturated rings. The minimum absolute atomic E-state index is 0.189. The number of benzene rings is 2. The molecule has 1 aromatic heterocycles. The Kier molecular flexibility index (Phi) is 7.36. The van der Waals surface area contributed by atoms with Crippen LogP contribution in [0.1, 0.15) is 57.2 Å². The van der Waals surface area contributed by atoms with Crippen LogP contribution < -0.4 is 19.8 Å². The number of carbonyl (C=O) groups is 1. The molecule has 0 N–H and O–H groups in total. The van der Waals surface area contributed by atoms with Crippen LogP contribution in [0.25, 0.3) is 6.08 Å². The van der Waals surface area contributed by atoms with Crippen molar-refractivity contribution in [2.75, 3.05) is 18.0 Å². The summed E-state index contributed by atoms with van der Waals surface area (Å²) >= 11 is 7.46. The number of carbonyl (C=O) groups excluding carboxylic acids is 1. The number of piperidine rings is 1. The zero-order valence-electron chi connectivity index (χ0n) is 21.2. The first-order valence-electron chi connectivity index (χ1n) is 12.7. The smallest absolute Gasteiger partial charge is 0.338 e. The summed E-state index contributed by atoms with van der Waals surface area (Å²) < 4.78 is 7.71. The molecule has 0 bridgehead atoms. The molecular formula is C29H30ClN3O3S. The molecule has 0 amide bonds. The van der Waals surface area contributed by atoms with Crippen molar-refractivity contribution in [1.82, 2.24) is 4.57 Å². The van der Waals surface area contributed by atoms with E-state index in [1.165, 1.54) is 36.3 Å². The maximum atomic E-state index is 13.8. The second kappa shape index (κ2) is 10.7. The number of rotatable bonds is 5. The summed E-state index contributed by atoms with van der Waals surface area (Å²) in [7, 11) is 0. The number of nitrogens with zero attached hydrogens (tertiary/aromatic N) is 3. The SMILES string of the molecule is CC1=C(C(=O)OC(C)C)[C@H](c2ccc(Cl)cc2)n2c(s/c(=C/c3ccc(N4CCCCC4)cc3)c2=O)=N1. The molecule has 37 heavy (non-hydrogen) atoms. The van der Waals surface area contributed by atoms with Crippen molar-refractivity contribution in [3.8, 4) is 0 Å². The van der Waals surface area contributed by atoms with E-state index in [0.29, 0.717) is 25.6 Å². The quantitative estimate of drug-likeness (QED) is 0.439. The summed E-state index contributed by atoms with van der Waals surface area (Å²) in [6, 6.07) is 14.9. The normalized spacial score (nSPS) is 18.1. The van der Waals surface area contributed by atoms with Crippen molar-refractivity contribution < 1.29 is 9.53 Å². The lowest BCUT2D eigenvalue weighted by Gasteiger charge is -2.28. The van der Waals surface area contributed by atoms with Gasteiger partial charge in [0, 0.05) is 23.8 Å². The molecule has 0 spiro atoms. The van der Waals surface area contributed by atoms with Gasteiger partial charge in [0.05, 0.1) is 27.9 Å². The van der Waals surface area contributed by atoms with E-state index in [0.717, 1.165) is 24.2 Å². The van der Waals surface area contributed by atoms with E-state index >= 15 is 0 Å². The van der Waals surface area contributed by atoms with Gasteiger partial charge in [-0.25, -0.2) is 9.79 Å². The number of fused-ring (bicyclic) bond motifs is 1. The highest BCUT2D eigenvalue weighted by Crippen LogP contribution is 2.31. The van der Waals surface area contributed by atoms with Gasteiger partial charge in [0.2, 0.25) is 0 Å². The Morgan fingerprint density at radius 3 is 2.41 bits per heavy atom. The third-order valence-electron chi connectivity index (χ3n) is 6.68. The van der Waals surface area contributed by atoms with Crippen LogP contribution in [-0.4, -0.2) is 29.7 Å². The maximum absolute atomic E-state index is 13.8. The van der Waals surface area contributed by atoms with Crippen molar-refractivity contribution >= 4 is 40.7 Å². The molecule has 3 aromatic rings. The highest BCUT2D eigenvalue weighted by atomic mass is 35.5. The topological polar surface area (TPSA) is 63.9 Å². The van der Waals surface area contributed by atoms with Gasteiger partial charge >= 0.3 is 5.97 Å². The standard InChI is InChI=1S/C29H30ClN3O3S/c1-18(2)36-28(35)25-19(3)31-29-33(26(25)21-9-11-22(30)12-10-21)27(34)24(37-29)17-20-7-13-23(14-8-20)32-15-5-4-6-16-32/h7-14,17-18,26H,4-6,15-16H2,1-3H3/b24-17+/t26-/m0/s1. The molecule has 0 saturated carbocycles. The van der Waals surface area contributed by atoms with Crippen molar-refractivity contribution in [3.63, 3.8) is 0 Å². The van der Waals surface area contributed by atoms with Gasteiger partial charge in [-0.1, -0.05) is 47.2 Å². The van der Waals surface area contributed by atoms with Crippen molar-refractivity contribution in [1.29, 1.82) is 0 Å². The van der Waals surface area contributed by atoms with Crippen LogP contribution in [0.4, 0.5) is 5.69 Å². The highest BCUT2D eigenvalue weighted by molar-refractivity contribution is 7.07. The van der Waals surface area contributed by atoms with Gasteiger partial charge in [0.25, 0.3) is 5.56 Å². The molecule has 1 atom stereocenters. The molecular weight excluding hydrogens is 506 g/mol. The number of halogens is 1. The second-order valence-corrected chi connectivity index (χ2v) is 11.2. The van der Waals surface area contributed by atoms with Gasteiger partial charge in [-0.3, -0.25) is 9.36 Å². The number of esters is 1. The molecule has 0 aliphatic carbocycles. The van der Waals surface area contributed by atoms with E-state index in [9.17, 15) is 9.59 Å². The highest BCUT2D eigenvalue weighted by Gasteiger charge is 2.33. The van der Waals surface area contributed by atoms with Gasteiger partial charge in [-0.05, 0) is 81.5 Å². The summed E-state index contributed by atoms with van der Waals surface area (Å²) in [5.74, 6) is -0.473. The van der Waals surface area contributed by atoms with E-state index in [4.69, 9.17) is 16.3 Å². The van der Waals surface area contributed by atoms with Crippen LogP contribution in [0.15, 0.2) is 69.6 Å². The zero-order chi connectivity index (χ0) is 26.1. The van der Waals surface area contributed by atoms with Crippen molar-refractivity contribution in [2.45, 2.75) is 52.2 Å². The Morgan fingerprint density at radius 2 is 1.76 bits per heavy atom. The first kappa shape index (κ1) is 25.5. The predicted octanol–water partition coefficient (Wildman–Crippen LogP) is 4.83. The second-order valence-electron chi connectivity index (χ2n) is 9.73. The van der Waals surface area contributed by atoms with Crippen LogP contribution in [-0.2, 0) is 9.53 Å². The first-order valence-corrected chi connectivity index (χ1v) is 13.9. The Bertz CT molecular complexity index is 1510. The van der Waals surface area contributed by atoms with Crippen molar-refractivity contribution in [3.05, 3.63) is 95.6 Å². The lowest BCUT2D eigenvalue weighted by Crippen LogP contribution is -2.40. The number of anilines is 1. The minimum Gasteiger partial charge on any atom is -0.459 e. The van der Waals surface area contributed by atoms with E-state index in [-0.39, 0.29) is 11.7 Å². The van der Waals surface area contributed by atoms with Crippen LogP contribution >= 0.6 is 22.9 Å². The molecule has 0 radical (unpaired) electrons. The molecule has 192 valence electrons. The van der Waals surface area contributed by atoms with E-state index in [1.807, 2.05) is 18.2 Å². The predicted molar refractivity (Wildman–Crippen MR) is 149 cm³/mol. The number of hydrogen-bond donors (Lipinski definition) is 0.